The summed E-state index contributed by atoms with van der Waals surface area (Å²) in [6.45, 7) is -0.645. The summed E-state index contributed by atoms with van der Waals surface area (Å²) in [5, 5.41) is 13.0. The average molecular weight is 435 g/mol. The van der Waals surface area contributed by atoms with Crippen molar-refractivity contribution in [3.05, 3.63) is 46.9 Å². The van der Waals surface area contributed by atoms with Crippen LogP contribution < -0.4 is 24.3 Å². The number of aliphatic hydroxyl groups excluding tert-OH is 1. The number of hydrogen-bond acceptors (Lipinski definition) is 7. The van der Waals surface area contributed by atoms with E-state index in [1.54, 1.807) is 48.9 Å². The summed E-state index contributed by atoms with van der Waals surface area (Å²) in [5.41, 5.74) is 1.76. The number of amides is 1. The first-order valence-corrected chi connectivity index (χ1v) is 10.3. The van der Waals surface area contributed by atoms with Gasteiger partial charge in [-0.05, 0) is 23.3 Å². The second kappa shape index (κ2) is 11.3. The van der Waals surface area contributed by atoms with Gasteiger partial charge in [0.1, 0.15) is 40.8 Å². The minimum Gasteiger partial charge on any atom is -0.612 e. The Labute approximate surface area is 178 Å². The van der Waals surface area contributed by atoms with Gasteiger partial charge in [0.25, 0.3) is 0 Å². The van der Waals surface area contributed by atoms with Crippen LogP contribution >= 0.6 is 0 Å². The van der Waals surface area contributed by atoms with Crippen LogP contribution in [-0.4, -0.2) is 50.6 Å². The molecule has 0 spiro atoms. The monoisotopic (exact) mass is 435 g/mol. The fraction of sp³-hybridized carbons (Fsp3) is 0.286. The van der Waals surface area contributed by atoms with Gasteiger partial charge in [0, 0.05) is 23.8 Å². The number of ether oxygens (including phenoxy) is 4. The van der Waals surface area contributed by atoms with E-state index in [0.29, 0.717) is 34.2 Å². The lowest BCUT2D eigenvalue weighted by Gasteiger charge is -2.13. The molecule has 0 aliphatic rings. The number of benzene rings is 2. The Morgan fingerprint density at radius 1 is 1.03 bits per heavy atom. The molecule has 2 aromatic rings. The maximum Gasteiger partial charge on any atom is 0.250 e. The molecule has 1 unspecified atom stereocenters. The van der Waals surface area contributed by atoms with Crippen LogP contribution in [0.25, 0.3) is 6.08 Å². The minimum atomic E-state index is -1.36. The van der Waals surface area contributed by atoms with Gasteiger partial charge < -0.3 is 33.9 Å². The second-order valence-corrected chi connectivity index (χ2v) is 7.34. The molecule has 0 aliphatic carbocycles. The lowest BCUT2D eigenvalue weighted by Crippen LogP contribution is -2.16. The highest BCUT2D eigenvalue weighted by Crippen LogP contribution is 2.35. The number of carbonyl (C=O) groups excluding carboxylic acids is 1. The highest BCUT2D eigenvalue weighted by Gasteiger charge is 2.14. The van der Waals surface area contributed by atoms with Crippen LogP contribution in [0.5, 0.6) is 23.0 Å². The summed E-state index contributed by atoms with van der Waals surface area (Å²) in [6.07, 6.45) is 1.67. The fourth-order valence-electron chi connectivity index (χ4n) is 2.69. The van der Waals surface area contributed by atoms with Crippen LogP contribution in [0, 0.1) is 0 Å². The molecular weight excluding hydrogens is 410 g/mol. The number of aliphatic hydroxyl groups is 1. The number of hydrogen-bond donors (Lipinski definition) is 2. The predicted molar refractivity (Wildman–Crippen MR) is 116 cm³/mol. The van der Waals surface area contributed by atoms with E-state index in [-0.39, 0.29) is 5.75 Å². The molecule has 2 aromatic carbocycles. The van der Waals surface area contributed by atoms with Gasteiger partial charge in [-0.3, -0.25) is 4.79 Å². The summed E-state index contributed by atoms with van der Waals surface area (Å²) in [5.74, 6) is 1.72. The number of rotatable bonds is 10. The largest absolute Gasteiger partial charge is 0.612 e. The van der Waals surface area contributed by atoms with E-state index in [0.717, 1.165) is 5.56 Å². The van der Waals surface area contributed by atoms with Crippen LogP contribution in [0.4, 0.5) is 5.69 Å². The van der Waals surface area contributed by atoms with Gasteiger partial charge >= 0.3 is 0 Å². The third-order valence-electron chi connectivity index (χ3n) is 4.13. The molecule has 0 aromatic heterocycles. The SMILES string of the molecule is COc1cc(OC)c(C=C[S+]([O-])Cc2ccc(OC)c(NC(=O)CO)c2)c(OC)c1. The second-order valence-electron chi connectivity index (χ2n) is 6.01. The van der Waals surface area contributed by atoms with Gasteiger partial charge in [-0.25, -0.2) is 0 Å². The molecule has 0 heterocycles. The summed E-state index contributed by atoms with van der Waals surface area (Å²) < 4.78 is 33.8. The van der Waals surface area contributed by atoms with E-state index >= 15 is 0 Å². The maximum absolute atomic E-state index is 12.6. The molecule has 1 amide bonds. The molecule has 0 saturated heterocycles. The molecule has 0 radical (unpaired) electrons. The first-order valence-electron chi connectivity index (χ1n) is 8.88. The van der Waals surface area contributed by atoms with Crippen molar-refractivity contribution in [2.75, 3.05) is 40.4 Å². The summed E-state index contributed by atoms with van der Waals surface area (Å²) in [6, 6.07) is 8.51. The third kappa shape index (κ3) is 6.06. The standard InChI is InChI=1S/C21H25NO7S/c1-26-15-10-19(28-3)16(20(11-15)29-4)7-8-30(25)13-14-5-6-18(27-2)17(9-14)22-21(24)12-23/h5-11,23H,12-13H2,1-4H3,(H,22,24). The molecule has 162 valence electrons. The lowest BCUT2D eigenvalue weighted by molar-refractivity contribution is -0.118. The molecule has 0 aliphatic heterocycles. The fourth-order valence-corrected chi connectivity index (χ4v) is 3.58. The molecule has 30 heavy (non-hydrogen) atoms. The minimum absolute atomic E-state index is 0.212. The Morgan fingerprint density at radius 2 is 1.67 bits per heavy atom. The molecule has 0 bridgehead atoms. The van der Waals surface area contributed by atoms with E-state index in [1.807, 2.05) is 0 Å². The highest BCUT2D eigenvalue weighted by atomic mass is 32.2. The van der Waals surface area contributed by atoms with Crippen molar-refractivity contribution in [1.82, 2.24) is 0 Å². The average Bonchev–Trinajstić information content (AvgIpc) is 2.77. The Bertz CT molecular complexity index is 876. The summed E-state index contributed by atoms with van der Waals surface area (Å²) >= 11 is -1.36. The zero-order chi connectivity index (χ0) is 22.1. The van der Waals surface area contributed by atoms with Crippen LogP contribution in [0.15, 0.2) is 35.7 Å². The topological polar surface area (TPSA) is 109 Å². The van der Waals surface area contributed by atoms with E-state index in [2.05, 4.69) is 5.32 Å². The molecule has 9 heteroatoms. The summed E-state index contributed by atoms with van der Waals surface area (Å²) in [4.78, 5) is 11.5. The van der Waals surface area contributed by atoms with E-state index < -0.39 is 23.7 Å². The lowest BCUT2D eigenvalue weighted by atomic mass is 10.1. The Hall–Kier alpha value is -2.88. The van der Waals surface area contributed by atoms with Gasteiger partial charge in [0.2, 0.25) is 5.91 Å². The van der Waals surface area contributed by atoms with Crippen molar-refractivity contribution in [2.45, 2.75) is 5.75 Å². The van der Waals surface area contributed by atoms with Crippen LogP contribution in [0.3, 0.4) is 0 Å². The van der Waals surface area contributed by atoms with Crippen LogP contribution in [0.1, 0.15) is 11.1 Å². The molecule has 0 saturated carbocycles. The smallest absolute Gasteiger partial charge is 0.250 e. The molecule has 2 N–H and O–H groups in total. The molecule has 8 nitrogen and oxygen atoms in total. The molecular formula is C21H25NO7S. The van der Waals surface area contributed by atoms with Crippen molar-refractivity contribution in [2.24, 2.45) is 0 Å². The van der Waals surface area contributed by atoms with Gasteiger partial charge in [0.15, 0.2) is 0 Å². The van der Waals surface area contributed by atoms with Crippen molar-refractivity contribution in [1.29, 1.82) is 0 Å². The van der Waals surface area contributed by atoms with Crippen molar-refractivity contribution >= 4 is 28.8 Å². The normalized spacial score (nSPS) is 11.8. The number of nitrogens with one attached hydrogen (secondary N) is 1. The van der Waals surface area contributed by atoms with Crippen molar-refractivity contribution in [3.63, 3.8) is 0 Å². The van der Waals surface area contributed by atoms with Gasteiger partial charge in [0.05, 0.1) is 39.7 Å². The Balaban J connectivity index is 2.21. The summed E-state index contributed by atoms with van der Waals surface area (Å²) in [7, 11) is 6.08. The maximum atomic E-state index is 12.6. The number of carbonyl (C=O) groups is 1. The van der Waals surface area contributed by atoms with Crippen LogP contribution in [-0.2, 0) is 21.7 Å². The Kier molecular flexibility index (Phi) is 8.85. The van der Waals surface area contributed by atoms with Gasteiger partial charge in [-0.2, -0.15) is 0 Å². The number of methoxy groups -OCH3 is 4. The van der Waals surface area contributed by atoms with Crippen molar-refractivity contribution in [3.8, 4) is 23.0 Å². The highest BCUT2D eigenvalue weighted by molar-refractivity contribution is 7.93. The first-order chi connectivity index (χ1) is 14.4. The number of anilines is 1. The molecule has 1 atom stereocenters. The van der Waals surface area contributed by atoms with E-state index in [9.17, 15) is 9.35 Å². The molecule has 2 rings (SSSR count). The quantitative estimate of drug-likeness (QED) is 0.552. The van der Waals surface area contributed by atoms with Crippen molar-refractivity contribution < 1.29 is 33.4 Å². The Morgan fingerprint density at radius 3 is 2.20 bits per heavy atom. The van der Waals surface area contributed by atoms with E-state index in [4.69, 9.17) is 24.1 Å². The predicted octanol–water partition coefficient (Wildman–Crippen LogP) is 2.57. The van der Waals surface area contributed by atoms with Gasteiger partial charge in [-0.1, -0.05) is 6.07 Å². The first kappa shape index (κ1) is 23.4. The zero-order valence-corrected chi connectivity index (χ0v) is 18.1. The zero-order valence-electron chi connectivity index (χ0n) is 17.3. The van der Waals surface area contributed by atoms with E-state index in [1.165, 1.54) is 21.3 Å². The van der Waals surface area contributed by atoms with Crippen LogP contribution in [0.2, 0.25) is 0 Å². The third-order valence-corrected chi connectivity index (χ3v) is 5.19. The molecule has 0 fully saturated rings. The van der Waals surface area contributed by atoms with Gasteiger partial charge in [-0.15, -0.1) is 0 Å².